The lowest BCUT2D eigenvalue weighted by Gasteiger charge is -2.42. The molecule has 0 atom stereocenters. The number of hydrogen-bond donors (Lipinski definition) is 0. The van der Waals surface area contributed by atoms with Crippen molar-refractivity contribution in [3.05, 3.63) is 183 Å². The van der Waals surface area contributed by atoms with E-state index >= 15 is 0 Å². The Hall–Kier alpha value is -5.91. The molecule has 0 bridgehead atoms. The second-order valence-corrected chi connectivity index (χ2v) is 13.5. The number of aromatic nitrogens is 1. The SMILES string of the molecule is Cc1ccccc1N1c2ccc(C=C3C(=O)c4cc5ccccc5cc4C3=O)cc2C2(c3ccccc3-c3ccccc32)c2ncsc21. The Kier molecular flexibility index (Phi) is 5.56. The molecule has 226 valence electrons. The molecule has 0 N–H and O–H groups in total. The van der Waals surface area contributed by atoms with Crippen LogP contribution in [0.2, 0.25) is 0 Å². The molecule has 4 nitrogen and oxygen atoms in total. The standard InChI is InChI=1S/C43H26N2O2S/c1-25-10-2-9-17-37(25)45-38-19-18-26(20-33-39(46)31-22-27-11-3-4-12-28(27)23-32(31)40(33)47)21-36(38)43(41-42(45)48-24-44-41)34-15-7-5-13-29(34)30-14-6-8-16-35(30)43/h2-24H,1H3. The van der Waals surface area contributed by atoms with E-state index in [4.69, 9.17) is 4.98 Å². The third-order valence-electron chi connectivity index (χ3n) is 10.3. The molecule has 2 aliphatic carbocycles. The molecule has 0 unspecified atom stereocenters. The Morgan fingerprint density at radius 3 is 1.90 bits per heavy atom. The van der Waals surface area contributed by atoms with Crippen LogP contribution in [-0.4, -0.2) is 16.6 Å². The van der Waals surface area contributed by atoms with Crippen LogP contribution in [0.1, 0.15) is 54.2 Å². The van der Waals surface area contributed by atoms with Crippen molar-refractivity contribution < 1.29 is 9.59 Å². The van der Waals surface area contributed by atoms with Gasteiger partial charge in [0, 0.05) is 16.8 Å². The van der Waals surface area contributed by atoms with Crippen molar-refractivity contribution in [3.8, 4) is 11.1 Å². The zero-order chi connectivity index (χ0) is 32.1. The van der Waals surface area contributed by atoms with Crippen LogP contribution in [0, 0.1) is 6.92 Å². The van der Waals surface area contributed by atoms with Gasteiger partial charge >= 0.3 is 0 Å². The van der Waals surface area contributed by atoms with Gasteiger partial charge in [0.05, 0.1) is 27.9 Å². The van der Waals surface area contributed by atoms with Crippen molar-refractivity contribution in [3.63, 3.8) is 0 Å². The van der Waals surface area contributed by atoms with Crippen molar-refractivity contribution in [2.24, 2.45) is 0 Å². The summed E-state index contributed by atoms with van der Waals surface area (Å²) in [5.41, 5.74) is 13.3. The zero-order valence-electron chi connectivity index (χ0n) is 25.9. The molecule has 7 aromatic rings. The van der Waals surface area contributed by atoms with Gasteiger partial charge in [-0.15, -0.1) is 11.3 Å². The number of ketones is 2. The molecule has 0 saturated carbocycles. The fraction of sp³-hybridized carbons (Fsp3) is 0.0465. The van der Waals surface area contributed by atoms with Crippen molar-refractivity contribution in [1.29, 1.82) is 0 Å². The van der Waals surface area contributed by atoms with Crippen LogP contribution in [0.15, 0.2) is 138 Å². The molecule has 1 aromatic heterocycles. The van der Waals surface area contributed by atoms with Crippen molar-refractivity contribution in [1.82, 2.24) is 4.98 Å². The number of hydrogen-bond acceptors (Lipinski definition) is 5. The Balaban J connectivity index is 1.24. The molecular formula is C43H26N2O2S. The van der Waals surface area contributed by atoms with Crippen molar-refractivity contribution in [2.45, 2.75) is 12.3 Å². The number of aryl methyl sites for hydroxylation is 1. The number of carbonyl (C=O) groups excluding carboxylic acids is 2. The van der Waals surface area contributed by atoms with E-state index in [0.717, 1.165) is 49.5 Å². The first-order chi connectivity index (χ1) is 23.6. The highest BCUT2D eigenvalue weighted by atomic mass is 32.1. The highest BCUT2D eigenvalue weighted by Gasteiger charge is 2.53. The lowest BCUT2D eigenvalue weighted by Crippen LogP contribution is -2.36. The number of carbonyl (C=O) groups is 2. The number of nitrogens with zero attached hydrogens (tertiary/aromatic N) is 2. The van der Waals surface area contributed by atoms with Gasteiger partial charge in [-0.05, 0) is 93.0 Å². The summed E-state index contributed by atoms with van der Waals surface area (Å²) in [6.07, 6.45) is 1.78. The van der Waals surface area contributed by atoms with E-state index in [1.54, 1.807) is 17.4 Å². The predicted molar refractivity (Wildman–Crippen MR) is 193 cm³/mol. The van der Waals surface area contributed by atoms with Gasteiger partial charge < -0.3 is 0 Å². The first-order valence-corrected chi connectivity index (χ1v) is 16.9. The topological polar surface area (TPSA) is 50.3 Å². The predicted octanol–water partition coefficient (Wildman–Crippen LogP) is 10.2. The van der Waals surface area contributed by atoms with Gasteiger partial charge in [0.1, 0.15) is 5.00 Å². The first kappa shape index (κ1) is 27.2. The molecule has 10 rings (SSSR count). The number of allylic oxidation sites excluding steroid dienone is 1. The Bertz CT molecular complexity index is 2490. The van der Waals surface area contributed by atoms with Crippen LogP contribution < -0.4 is 4.90 Å². The second kappa shape index (κ2) is 9.80. The summed E-state index contributed by atoms with van der Waals surface area (Å²) in [6.45, 7) is 2.14. The molecule has 1 aliphatic heterocycles. The number of rotatable bonds is 2. The largest absolute Gasteiger partial charge is 0.300 e. The van der Waals surface area contributed by atoms with E-state index in [0.29, 0.717) is 11.1 Å². The summed E-state index contributed by atoms with van der Waals surface area (Å²) in [5.74, 6) is -0.457. The molecule has 3 aliphatic rings. The van der Waals surface area contributed by atoms with Crippen LogP contribution in [0.3, 0.4) is 0 Å². The lowest BCUT2D eigenvalue weighted by molar-refractivity contribution is 0.0990. The molecule has 5 heteroatoms. The maximum absolute atomic E-state index is 13.8. The number of thiazole rings is 1. The average Bonchev–Trinajstić information content (AvgIpc) is 3.79. The molecule has 48 heavy (non-hydrogen) atoms. The van der Waals surface area contributed by atoms with Gasteiger partial charge in [-0.25, -0.2) is 4.98 Å². The van der Waals surface area contributed by atoms with Crippen LogP contribution >= 0.6 is 11.3 Å². The Labute approximate surface area is 281 Å². The molecule has 0 radical (unpaired) electrons. The van der Waals surface area contributed by atoms with Gasteiger partial charge in [-0.3, -0.25) is 14.5 Å². The lowest BCUT2D eigenvalue weighted by atomic mass is 9.67. The second-order valence-electron chi connectivity index (χ2n) is 12.7. The van der Waals surface area contributed by atoms with Gasteiger partial charge in [0.25, 0.3) is 0 Å². The maximum atomic E-state index is 13.8. The van der Waals surface area contributed by atoms with Gasteiger partial charge in [-0.2, -0.15) is 0 Å². The number of fused-ring (bicyclic) bond motifs is 11. The minimum absolute atomic E-state index is 0.197. The normalized spacial score (nSPS) is 14.9. The quantitative estimate of drug-likeness (QED) is 0.140. The first-order valence-electron chi connectivity index (χ1n) is 16.0. The summed E-state index contributed by atoms with van der Waals surface area (Å²) < 4.78 is 0. The molecular weight excluding hydrogens is 609 g/mol. The number of Topliss-reactive ketones (excluding diaryl/α,β-unsaturated/α-hetero) is 2. The highest BCUT2D eigenvalue weighted by Crippen LogP contribution is 2.64. The molecule has 1 spiro atoms. The summed E-state index contributed by atoms with van der Waals surface area (Å²) in [7, 11) is 0. The summed E-state index contributed by atoms with van der Waals surface area (Å²) in [5, 5.41) is 2.98. The van der Waals surface area contributed by atoms with E-state index in [1.807, 2.05) is 48.0 Å². The number of benzene rings is 6. The molecule has 0 saturated heterocycles. The minimum atomic E-state index is -0.685. The summed E-state index contributed by atoms with van der Waals surface area (Å²) >= 11 is 1.65. The molecule has 2 heterocycles. The fourth-order valence-corrected chi connectivity index (χ4v) is 9.05. The number of anilines is 3. The van der Waals surface area contributed by atoms with Crippen LogP contribution in [-0.2, 0) is 5.41 Å². The van der Waals surface area contributed by atoms with E-state index in [2.05, 4.69) is 96.8 Å². The fourth-order valence-electron chi connectivity index (χ4n) is 8.17. The van der Waals surface area contributed by atoms with E-state index in [1.165, 1.54) is 22.3 Å². The minimum Gasteiger partial charge on any atom is -0.300 e. The Morgan fingerprint density at radius 2 is 1.23 bits per heavy atom. The van der Waals surface area contributed by atoms with E-state index < -0.39 is 5.41 Å². The summed E-state index contributed by atoms with van der Waals surface area (Å²) in [6, 6.07) is 43.6. The third-order valence-corrected chi connectivity index (χ3v) is 11.1. The van der Waals surface area contributed by atoms with Gasteiger partial charge in [0.2, 0.25) is 0 Å². The van der Waals surface area contributed by atoms with Crippen LogP contribution in [0.25, 0.3) is 28.0 Å². The van der Waals surface area contributed by atoms with E-state index in [9.17, 15) is 9.59 Å². The molecule has 0 fully saturated rings. The molecule has 6 aromatic carbocycles. The smallest absolute Gasteiger partial charge is 0.197 e. The monoisotopic (exact) mass is 634 g/mol. The maximum Gasteiger partial charge on any atom is 0.197 e. The van der Waals surface area contributed by atoms with Crippen molar-refractivity contribution >= 4 is 56.1 Å². The zero-order valence-corrected chi connectivity index (χ0v) is 26.7. The highest BCUT2D eigenvalue weighted by molar-refractivity contribution is 7.14. The van der Waals surface area contributed by atoms with Gasteiger partial charge in [-0.1, -0.05) is 97.1 Å². The van der Waals surface area contributed by atoms with Crippen molar-refractivity contribution in [2.75, 3.05) is 4.90 Å². The average molecular weight is 635 g/mol. The number of para-hydroxylation sites is 1. The Morgan fingerprint density at radius 1 is 0.625 bits per heavy atom. The molecule has 0 amide bonds. The summed E-state index contributed by atoms with van der Waals surface area (Å²) in [4.78, 5) is 35.1. The van der Waals surface area contributed by atoms with Gasteiger partial charge in [0.15, 0.2) is 11.6 Å². The van der Waals surface area contributed by atoms with Crippen LogP contribution in [0.5, 0.6) is 0 Å². The van der Waals surface area contributed by atoms with E-state index in [-0.39, 0.29) is 17.1 Å². The van der Waals surface area contributed by atoms with Crippen LogP contribution in [0.4, 0.5) is 16.4 Å². The third kappa shape index (κ3) is 3.46.